The van der Waals surface area contributed by atoms with E-state index in [2.05, 4.69) is 27.3 Å². The van der Waals surface area contributed by atoms with Crippen molar-refractivity contribution in [2.75, 3.05) is 10.7 Å². The van der Waals surface area contributed by atoms with E-state index in [1.807, 2.05) is 88.3 Å². The Morgan fingerprint density at radius 1 is 0.800 bits per heavy atom. The minimum absolute atomic E-state index is 0.0132. The van der Waals surface area contributed by atoms with Crippen molar-refractivity contribution in [1.82, 2.24) is 19.7 Å². The van der Waals surface area contributed by atoms with Gasteiger partial charge in [-0.3, -0.25) is 19.2 Å². The van der Waals surface area contributed by atoms with Gasteiger partial charge in [0.05, 0.1) is 17.1 Å². The van der Waals surface area contributed by atoms with Gasteiger partial charge >= 0.3 is 0 Å². The fraction of sp³-hybridized carbons (Fsp3) is 0.0370. The number of thioether (sulfide) groups is 1. The molecule has 0 saturated heterocycles. The third-order valence-corrected chi connectivity index (χ3v) is 7.62. The Labute approximate surface area is 211 Å². The first-order valence-corrected chi connectivity index (χ1v) is 12.8. The number of aromatic nitrogens is 4. The molecule has 0 atom stereocenters. The van der Waals surface area contributed by atoms with Crippen LogP contribution in [-0.2, 0) is 4.79 Å². The van der Waals surface area contributed by atoms with E-state index in [9.17, 15) is 4.79 Å². The molecule has 6 nitrogen and oxygen atoms in total. The van der Waals surface area contributed by atoms with Gasteiger partial charge in [0, 0.05) is 33.4 Å². The fourth-order valence-corrected chi connectivity index (χ4v) is 5.88. The molecule has 1 aliphatic rings. The van der Waals surface area contributed by atoms with Gasteiger partial charge in [-0.15, -0.1) is 10.2 Å². The first-order valence-electron chi connectivity index (χ1n) is 11.0. The number of hydrogen-bond donors (Lipinski definition) is 0. The van der Waals surface area contributed by atoms with E-state index < -0.39 is 0 Å². The second-order valence-corrected chi connectivity index (χ2v) is 9.80. The zero-order chi connectivity index (χ0) is 23.6. The molecule has 3 heterocycles. The van der Waals surface area contributed by atoms with Gasteiger partial charge < -0.3 is 0 Å². The van der Waals surface area contributed by atoms with Crippen molar-refractivity contribution in [1.29, 1.82) is 0 Å². The predicted octanol–water partition coefficient (Wildman–Crippen LogP) is 6.25. The minimum Gasteiger partial charge on any atom is -0.278 e. The Morgan fingerprint density at radius 2 is 1.49 bits per heavy atom. The van der Waals surface area contributed by atoms with Gasteiger partial charge in [0.15, 0.2) is 11.0 Å². The maximum absolute atomic E-state index is 13.6. The van der Waals surface area contributed by atoms with Gasteiger partial charge in [0.2, 0.25) is 5.91 Å². The zero-order valence-corrected chi connectivity index (χ0v) is 20.1. The summed E-state index contributed by atoms with van der Waals surface area (Å²) in [7, 11) is 0. The van der Waals surface area contributed by atoms with Crippen molar-refractivity contribution >= 4 is 40.8 Å². The molecule has 35 heavy (non-hydrogen) atoms. The monoisotopic (exact) mass is 493 g/mol. The molecule has 5 aromatic rings. The summed E-state index contributed by atoms with van der Waals surface area (Å²) in [6, 6.07) is 29.8. The lowest BCUT2D eigenvalue weighted by molar-refractivity contribution is -0.115. The Balaban J connectivity index is 1.34. The van der Waals surface area contributed by atoms with Crippen LogP contribution >= 0.6 is 23.5 Å². The second-order valence-electron chi connectivity index (χ2n) is 7.77. The maximum Gasteiger partial charge on any atom is 0.242 e. The number of hydrogen-bond acceptors (Lipinski definition) is 6. The van der Waals surface area contributed by atoms with Gasteiger partial charge in [-0.1, -0.05) is 66.0 Å². The van der Waals surface area contributed by atoms with Crippen LogP contribution in [0.3, 0.4) is 0 Å². The normalized spacial score (nSPS) is 12.2. The third kappa shape index (κ3) is 4.11. The highest BCUT2D eigenvalue weighted by Gasteiger charge is 2.28. The molecule has 2 aromatic heterocycles. The van der Waals surface area contributed by atoms with E-state index in [0.29, 0.717) is 11.0 Å². The summed E-state index contributed by atoms with van der Waals surface area (Å²) in [4.78, 5) is 21.8. The molecule has 0 fully saturated rings. The summed E-state index contributed by atoms with van der Waals surface area (Å²) in [6.07, 6.45) is 3.50. The van der Waals surface area contributed by atoms with Crippen LogP contribution < -0.4 is 4.90 Å². The van der Waals surface area contributed by atoms with Crippen molar-refractivity contribution in [3.8, 4) is 17.1 Å². The van der Waals surface area contributed by atoms with Gasteiger partial charge in [-0.2, -0.15) is 0 Å². The van der Waals surface area contributed by atoms with Crippen molar-refractivity contribution < 1.29 is 4.79 Å². The van der Waals surface area contributed by atoms with E-state index in [0.717, 1.165) is 32.4 Å². The molecule has 1 amide bonds. The summed E-state index contributed by atoms with van der Waals surface area (Å²) < 4.78 is 1.98. The van der Waals surface area contributed by atoms with Gasteiger partial charge in [0.25, 0.3) is 0 Å². The molecule has 0 spiro atoms. The van der Waals surface area contributed by atoms with E-state index in [1.165, 1.54) is 11.8 Å². The summed E-state index contributed by atoms with van der Waals surface area (Å²) >= 11 is 3.07. The number of carbonyl (C=O) groups excluding carboxylic acids is 1. The average molecular weight is 494 g/mol. The molecule has 0 unspecified atom stereocenters. The van der Waals surface area contributed by atoms with Crippen molar-refractivity contribution in [2.45, 2.75) is 14.9 Å². The van der Waals surface area contributed by atoms with Crippen LogP contribution in [-0.4, -0.2) is 31.4 Å². The second kappa shape index (κ2) is 9.40. The lowest BCUT2D eigenvalue weighted by Crippen LogP contribution is -2.30. The number of anilines is 2. The van der Waals surface area contributed by atoms with Crippen LogP contribution in [0.5, 0.6) is 0 Å². The SMILES string of the molecule is O=C(CSc1nnc(-c2cccnc2)n1-c1ccccc1)N1c2ccccc2Sc2ccccc21. The van der Waals surface area contributed by atoms with Crippen LogP contribution in [0.4, 0.5) is 11.4 Å². The zero-order valence-electron chi connectivity index (χ0n) is 18.5. The molecule has 3 aromatic carbocycles. The van der Waals surface area contributed by atoms with Crippen molar-refractivity contribution in [2.24, 2.45) is 0 Å². The number of pyridine rings is 1. The number of carbonyl (C=O) groups is 1. The Hall–Kier alpha value is -3.88. The first-order chi connectivity index (χ1) is 17.3. The van der Waals surface area contributed by atoms with E-state index in [-0.39, 0.29) is 11.7 Å². The Bertz CT molecular complexity index is 1460. The molecule has 0 N–H and O–H groups in total. The molecule has 6 rings (SSSR count). The number of fused-ring (bicyclic) bond motifs is 2. The molecular weight excluding hydrogens is 474 g/mol. The Kier molecular flexibility index (Phi) is 5.81. The molecule has 0 bridgehead atoms. The average Bonchev–Trinajstić information content (AvgIpc) is 3.35. The molecule has 0 aliphatic carbocycles. The summed E-state index contributed by atoms with van der Waals surface area (Å²) in [5, 5.41) is 9.55. The maximum atomic E-state index is 13.6. The number of para-hydroxylation sites is 3. The summed E-state index contributed by atoms with van der Waals surface area (Å²) in [5.41, 5.74) is 3.60. The van der Waals surface area contributed by atoms with E-state index in [4.69, 9.17) is 0 Å². The van der Waals surface area contributed by atoms with Crippen LogP contribution in [0, 0.1) is 0 Å². The number of amides is 1. The van der Waals surface area contributed by atoms with Crippen LogP contribution in [0.1, 0.15) is 0 Å². The standard InChI is InChI=1S/C27H19N5OS2/c33-25(32-21-12-4-6-14-23(21)35-24-15-7-5-13-22(24)32)18-34-27-30-29-26(19-9-8-16-28-17-19)31(27)20-10-2-1-3-11-20/h1-17H,18H2. The number of rotatable bonds is 5. The lowest BCUT2D eigenvalue weighted by atomic mass is 10.2. The topological polar surface area (TPSA) is 63.9 Å². The highest BCUT2D eigenvalue weighted by Crippen LogP contribution is 2.48. The van der Waals surface area contributed by atoms with Crippen molar-refractivity contribution in [3.63, 3.8) is 0 Å². The highest BCUT2D eigenvalue weighted by atomic mass is 32.2. The summed E-state index contributed by atoms with van der Waals surface area (Å²) in [6.45, 7) is 0. The quantitative estimate of drug-likeness (QED) is 0.270. The highest BCUT2D eigenvalue weighted by molar-refractivity contribution is 8.00. The van der Waals surface area contributed by atoms with Crippen LogP contribution in [0.2, 0.25) is 0 Å². The molecule has 170 valence electrons. The fourth-order valence-electron chi connectivity index (χ4n) is 4.02. The molecule has 8 heteroatoms. The Morgan fingerprint density at radius 3 is 2.17 bits per heavy atom. The molecule has 0 radical (unpaired) electrons. The van der Waals surface area contributed by atoms with E-state index in [1.54, 1.807) is 24.2 Å². The van der Waals surface area contributed by atoms with Gasteiger partial charge in [-0.25, -0.2) is 0 Å². The summed E-state index contributed by atoms with van der Waals surface area (Å²) in [5.74, 6) is 0.885. The molecular formula is C27H19N5OS2. The minimum atomic E-state index is -0.0132. The largest absolute Gasteiger partial charge is 0.278 e. The van der Waals surface area contributed by atoms with Crippen molar-refractivity contribution in [3.05, 3.63) is 103 Å². The van der Waals surface area contributed by atoms with Crippen LogP contribution in [0.25, 0.3) is 17.1 Å². The predicted molar refractivity (Wildman–Crippen MR) is 139 cm³/mol. The smallest absolute Gasteiger partial charge is 0.242 e. The molecule has 1 aliphatic heterocycles. The van der Waals surface area contributed by atoms with Gasteiger partial charge in [0.1, 0.15) is 0 Å². The molecule has 0 saturated carbocycles. The number of nitrogens with zero attached hydrogens (tertiary/aromatic N) is 5. The number of benzene rings is 3. The third-order valence-electron chi connectivity index (χ3n) is 5.57. The van der Waals surface area contributed by atoms with Crippen LogP contribution in [0.15, 0.2) is 118 Å². The van der Waals surface area contributed by atoms with E-state index >= 15 is 0 Å². The first kappa shape index (κ1) is 21.6. The lowest BCUT2D eigenvalue weighted by Gasteiger charge is -2.30. The van der Waals surface area contributed by atoms with Gasteiger partial charge in [-0.05, 0) is 48.5 Å².